The van der Waals surface area contributed by atoms with E-state index in [-0.39, 0.29) is 35.8 Å². The van der Waals surface area contributed by atoms with Crippen LogP contribution in [-0.4, -0.2) is 36.4 Å². The topological polar surface area (TPSA) is 58.6 Å². The molecule has 20 heavy (non-hydrogen) atoms. The maximum Gasteiger partial charge on any atom is 0.222 e. The summed E-state index contributed by atoms with van der Waals surface area (Å²) >= 11 is 0. The highest BCUT2D eigenvalue weighted by Gasteiger charge is 2.67. The van der Waals surface area contributed by atoms with Gasteiger partial charge in [-0.3, -0.25) is 4.79 Å². The normalized spacial score (nSPS) is 45.2. The Labute approximate surface area is 121 Å². The van der Waals surface area contributed by atoms with Gasteiger partial charge in [-0.05, 0) is 48.9 Å². The second kappa shape index (κ2) is 4.70. The fourth-order valence-corrected chi connectivity index (χ4v) is 5.42. The zero-order valence-electron chi connectivity index (χ0n) is 12.8. The lowest BCUT2D eigenvalue weighted by Crippen LogP contribution is -2.59. The number of carbonyl (C=O) groups is 1. The second-order valence-electron chi connectivity index (χ2n) is 7.60. The number of hydrogen-bond acceptors (Lipinski definition) is 3. The summed E-state index contributed by atoms with van der Waals surface area (Å²) in [7, 11) is 0. The summed E-state index contributed by atoms with van der Waals surface area (Å²) in [5.41, 5.74) is 0.371. The van der Waals surface area contributed by atoms with E-state index in [9.17, 15) is 4.79 Å². The van der Waals surface area contributed by atoms with Crippen LogP contribution in [0.1, 0.15) is 46.5 Å². The van der Waals surface area contributed by atoms with E-state index in [1.807, 2.05) is 0 Å². The molecule has 1 heterocycles. The quantitative estimate of drug-likeness (QED) is 0.828. The second-order valence-corrected chi connectivity index (χ2v) is 7.60. The van der Waals surface area contributed by atoms with Crippen molar-refractivity contribution in [1.29, 1.82) is 0 Å². The lowest BCUT2D eigenvalue weighted by molar-refractivity contribution is -0.134. The van der Waals surface area contributed by atoms with Gasteiger partial charge in [-0.15, -0.1) is 0 Å². The minimum atomic E-state index is -0.0711. The molecule has 2 N–H and O–H groups in total. The molecule has 0 radical (unpaired) electrons. The smallest absolute Gasteiger partial charge is 0.222 e. The summed E-state index contributed by atoms with van der Waals surface area (Å²) in [6, 6.07) is 0.226. The van der Waals surface area contributed by atoms with Crippen LogP contribution in [-0.2, 0) is 9.53 Å². The van der Waals surface area contributed by atoms with Crippen LogP contribution >= 0.6 is 0 Å². The zero-order chi connectivity index (χ0) is 14.5. The number of carbonyl (C=O) groups excluding carboxylic acids is 1. The Morgan fingerprint density at radius 3 is 2.90 bits per heavy atom. The maximum absolute atomic E-state index is 12.0. The van der Waals surface area contributed by atoms with E-state index in [1.165, 1.54) is 12.8 Å². The summed E-state index contributed by atoms with van der Waals surface area (Å²) in [5.74, 6) is 1.25. The molecule has 4 heteroatoms. The van der Waals surface area contributed by atoms with Crippen molar-refractivity contribution < 1.29 is 14.6 Å². The average Bonchev–Trinajstić information content (AvgIpc) is 2.85. The van der Waals surface area contributed by atoms with Gasteiger partial charge in [-0.1, -0.05) is 13.8 Å². The number of aliphatic hydroxyl groups excluding tert-OH is 1. The molecule has 1 spiro atoms. The Kier molecular flexibility index (Phi) is 3.37. The monoisotopic (exact) mass is 281 g/mol. The molecule has 0 aromatic heterocycles. The summed E-state index contributed by atoms with van der Waals surface area (Å²) in [6.07, 6.45) is 4.04. The van der Waals surface area contributed by atoms with E-state index in [4.69, 9.17) is 9.84 Å². The number of aliphatic hydroxyl groups is 1. The molecule has 1 amide bonds. The third-order valence-electron chi connectivity index (χ3n) is 6.43. The average molecular weight is 281 g/mol. The summed E-state index contributed by atoms with van der Waals surface area (Å²) in [4.78, 5) is 12.0. The Bertz CT molecular complexity index is 409. The predicted octanol–water partition coefficient (Wildman–Crippen LogP) is 1.71. The third-order valence-corrected chi connectivity index (χ3v) is 6.43. The van der Waals surface area contributed by atoms with Gasteiger partial charge in [-0.25, -0.2) is 0 Å². The van der Waals surface area contributed by atoms with E-state index in [0.29, 0.717) is 17.9 Å². The Balaban J connectivity index is 1.88. The first kappa shape index (κ1) is 14.3. The number of amides is 1. The number of nitrogens with one attached hydrogen (secondary N) is 1. The van der Waals surface area contributed by atoms with Gasteiger partial charge in [0.2, 0.25) is 5.91 Å². The molecule has 2 aliphatic carbocycles. The van der Waals surface area contributed by atoms with Gasteiger partial charge in [0.25, 0.3) is 0 Å². The van der Waals surface area contributed by atoms with Crippen LogP contribution in [0.3, 0.4) is 0 Å². The van der Waals surface area contributed by atoms with Crippen molar-refractivity contribution in [2.45, 2.75) is 58.6 Å². The molecule has 1 saturated heterocycles. The molecule has 4 nitrogen and oxygen atoms in total. The fourth-order valence-electron chi connectivity index (χ4n) is 5.42. The Morgan fingerprint density at radius 2 is 2.20 bits per heavy atom. The van der Waals surface area contributed by atoms with E-state index in [0.717, 1.165) is 13.0 Å². The molecule has 114 valence electrons. The van der Waals surface area contributed by atoms with Gasteiger partial charge < -0.3 is 15.2 Å². The van der Waals surface area contributed by atoms with Crippen molar-refractivity contribution in [2.24, 2.45) is 22.7 Å². The van der Waals surface area contributed by atoms with Crippen molar-refractivity contribution in [3.05, 3.63) is 0 Å². The zero-order valence-corrected chi connectivity index (χ0v) is 12.8. The lowest BCUT2D eigenvalue weighted by atomic mass is 9.59. The van der Waals surface area contributed by atoms with Crippen molar-refractivity contribution in [1.82, 2.24) is 5.32 Å². The first-order valence-corrected chi connectivity index (χ1v) is 7.93. The number of ether oxygens (including phenoxy) is 1. The van der Waals surface area contributed by atoms with Gasteiger partial charge in [0.15, 0.2) is 0 Å². The fraction of sp³-hybridized carbons (Fsp3) is 0.938. The first-order chi connectivity index (χ1) is 9.41. The molecule has 1 unspecified atom stereocenters. The summed E-state index contributed by atoms with van der Waals surface area (Å²) in [6.45, 7) is 7.52. The van der Waals surface area contributed by atoms with Gasteiger partial charge in [-0.2, -0.15) is 0 Å². The SMILES string of the molecule is C[C@H]1OCCC23C[C@@H](C[C@H]12)C(C)(C)[C@H]3NC(=O)CCO. The molecule has 1 aliphatic heterocycles. The van der Waals surface area contributed by atoms with Crippen molar-refractivity contribution >= 4 is 5.91 Å². The van der Waals surface area contributed by atoms with E-state index in [2.05, 4.69) is 26.1 Å². The van der Waals surface area contributed by atoms with Crippen molar-refractivity contribution in [2.75, 3.05) is 13.2 Å². The molecule has 3 fully saturated rings. The Hall–Kier alpha value is -0.610. The van der Waals surface area contributed by atoms with Crippen LogP contribution in [0.4, 0.5) is 0 Å². The number of fused-ring (bicyclic) bond motifs is 1. The first-order valence-electron chi connectivity index (χ1n) is 7.93. The van der Waals surface area contributed by atoms with Crippen LogP contribution in [0, 0.1) is 22.7 Å². The third kappa shape index (κ3) is 1.84. The number of hydrogen-bond donors (Lipinski definition) is 2. The predicted molar refractivity (Wildman–Crippen MR) is 76.1 cm³/mol. The molecule has 3 aliphatic rings. The Morgan fingerprint density at radius 1 is 1.45 bits per heavy atom. The minimum Gasteiger partial charge on any atom is -0.396 e. The van der Waals surface area contributed by atoms with Crippen LogP contribution < -0.4 is 5.32 Å². The van der Waals surface area contributed by atoms with Crippen molar-refractivity contribution in [3.63, 3.8) is 0 Å². The lowest BCUT2D eigenvalue weighted by Gasteiger charge is -2.52. The van der Waals surface area contributed by atoms with Gasteiger partial charge >= 0.3 is 0 Å². The molecular weight excluding hydrogens is 254 g/mol. The van der Waals surface area contributed by atoms with E-state index in [1.54, 1.807) is 0 Å². The van der Waals surface area contributed by atoms with Crippen LogP contribution in [0.25, 0.3) is 0 Å². The molecule has 0 aromatic carbocycles. The summed E-state index contributed by atoms with van der Waals surface area (Å²) in [5, 5.41) is 12.2. The summed E-state index contributed by atoms with van der Waals surface area (Å²) < 4.78 is 5.86. The minimum absolute atomic E-state index is 0.00889. The number of rotatable bonds is 3. The van der Waals surface area contributed by atoms with Gasteiger partial charge in [0.05, 0.1) is 12.7 Å². The van der Waals surface area contributed by atoms with Crippen LogP contribution in [0.15, 0.2) is 0 Å². The molecule has 2 bridgehead atoms. The van der Waals surface area contributed by atoms with Gasteiger partial charge in [0.1, 0.15) is 0 Å². The molecule has 5 atom stereocenters. The largest absolute Gasteiger partial charge is 0.396 e. The van der Waals surface area contributed by atoms with Crippen LogP contribution in [0.5, 0.6) is 0 Å². The van der Waals surface area contributed by atoms with Crippen LogP contribution in [0.2, 0.25) is 0 Å². The highest BCUT2D eigenvalue weighted by molar-refractivity contribution is 5.76. The standard InChI is InChI=1S/C16H27NO3/c1-10-12-8-11-9-16(12,5-7-20-10)14(15(11,2)3)17-13(19)4-6-18/h10-12,14,18H,4-9H2,1-3H3,(H,17,19)/t10-,11-,12-,14-,16?/m1/s1. The maximum atomic E-state index is 12.0. The highest BCUT2D eigenvalue weighted by Crippen LogP contribution is 2.68. The van der Waals surface area contributed by atoms with Gasteiger partial charge in [0, 0.05) is 19.1 Å². The van der Waals surface area contributed by atoms with E-state index < -0.39 is 0 Å². The molecule has 2 saturated carbocycles. The molecule has 3 rings (SSSR count). The van der Waals surface area contributed by atoms with Crippen molar-refractivity contribution in [3.8, 4) is 0 Å². The van der Waals surface area contributed by atoms with E-state index >= 15 is 0 Å². The highest BCUT2D eigenvalue weighted by atomic mass is 16.5. The molecule has 0 aromatic rings. The molecular formula is C16H27NO3.